The highest BCUT2D eigenvalue weighted by molar-refractivity contribution is 6.35. The van der Waals surface area contributed by atoms with Crippen LogP contribution in [-0.4, -0.2) is 15.7 Å². The molecule has 0 atom stereocenters. The number of hydrogen-bond acceptors (Lipinski definition) is 3. The third-order valence-electron chi connectivity index (χ3n) is 4.72. The van der Waals surface area contributed by atoms with Gasteiger partial charge in [-0.05, 0) is 42.0 Å². The Kier molecular flexibility index (Phi) is 7.18. The van der Waals surface area contributed by atoms with Gasteiger partial charge in [0.1, 0.15) is 23.2 Å². The Labute approximate surface area is 204 Å². The van der Waals surface area contributed by atoms with Crippen molar-refractivity contribution in [2.24, 2.45) is 0 Å². The Balaban J connectivity index is 1.42. The summed E-state index contributed by atoms with van der Waals surface area (Å²) in [6.07, 6.45) is 1.53. The zero-order valence-corrected chi connectivity index (χ0v) is 19.3. The number of anilines is 1. The summed E-state index contributed by atoms with van der Waals surface area (Å²) in [7, 11) is 0. The Morgan fingerprint density at radius 2 is 1.82 bits per heavy atom. The molecule has 4 rings (SSSR count). The molecular weight excluding hydrogens is 488 g/mol. The van der Waals surface area contributed by atoms with Crippen LogP contribution in [0.25, 0.3) is 0 Å². The van der Waals surface area contributed by atoms with Crippen LogP contribution in [0.5, 0.6) is 5.75 Å². The molecule has 5 nitrogen and oxygen atoms in total. The molecule has 0 saturated heterocycles. The number of nitrogens with zero attached hydrogens (tertiary/aromatic N) is 2. The van der Waals surface area contributed by atoms with Crippen molar-refractivity contribution in [1.29, 1.82) is 0 Å². The monoisotopic (exact) mass is 503 g/mol. The normalized spacial score (nSPS) is 10.8. The van der Waals surface area contributed by atoms with E-state index >= 15 is 0 Å². The molecule has 9 heteroatoms. The maximum atomic E-state index is 13.9. The van der Waals surface area contributed by atoms with Crippen LogP contribution >= 0.6 is 34.8 Å². The molecule has 0 aliphatic rings. The molecule has 0 aliphatic heterocycles. The van der Waals surface area contributed by atoms with Gasteiger partial charge < -0.3 is 10.1 Å². The summed E-state index contributed by atoms with van der Waals surface area (Å²) in [6.45, 7) is 0.392. The fourth-order valence-corrected chi connectivity index (χ4v) is 3.76. The quantitative estimate of drug-likeness (QED) is 0.299. The largest absolute Gasteiger partial charge is 0.487 e. The number of carbonyl (C=O) groups is 1. The van der Waals surface area contributed by atoms with Gasteiger partial charge >= 0.3 is 0 Å². The van der Waals surface area contributed by atoms with Gasteiger partial charge in [-0.15, -0.1) is 0 Å². The fraction of sp³-hybridized carbons (Fsp3) is 0.0833. The van der Waals surface area contributed by atoms with Crippen LogP contribution in [0.4, 0.5) is 10.2 Å². The van der Waals surface area contributed by atoms with E-state index in [4.69, 9.17) is 39.5 Å². The first kappa shape index (κ1) is 23.1. The number of benzene rings is 3. The first-order valence-corrected chi connectivity index (χ1v) is 11.0. The summed E-state index contributed by atoms with van der Waals surface area (Å²) in [5.74, 6) is -0.0521. The van der Waals surface area contributed by atoms with Gasteiger partial charge in [0.25, 0.3) is 5.91 Å². The maximum absolute atomic E-state index is 13.9. The van der Waals surface area contributed by atoms with E-state index in [1.165, 1.54) is 16.9 Å². The molecule has 0 bridgehead atoms. The Bertz CT molecular complexity index is 1310. The first-order valence-electron chi connectivity index (χ1n) is 9.83. The van der Waals surface area contributed by atoms with Crippen molar-refractivity contribution in [1.82, 2.24) is 9.78 Å². The van der Waals surface area contributed by atoms with E-state index in [-0.39, 0.29) is 35.7 Å². The van der Waals surface area contributed by atoms with Gasteiger partial charge in [0.05, 0.1) is 11.6 Å². The molecule has 33 heavy (non-hydrogen) atoms. The predicted octanol–water partition coefficient (Wildman–Crippen LogP) is 6.86. The van der Waals surface area contributed by atoms with Crippen molar-refractivity contribution in [3.63, 3.8) is 0 Å². The van der Waals surface area contributed by atoms with Crippen LogP contribution in [-0.2, 0) is 13.2 Å². The number of hydrogen-bond donors (Lipinski definition) is 1. The van der Waals surface area contributed by atoms with Crippen LogP contribution in [0.3, 0.4) is 0 Å². The molecule has 168 valence electrons. The van der Waals surface area contributed by atoms with Crippen molar-refractivity contribution in [2.75, 3.05) is 5.32 Å². The Morgan fingerprint density at radius 1 is 1.00 bits per heavy atom. The molecule has 4 aromatic rings. The molecule has 1 amide bonds. The van der Waals surface area contributed by atoms with Crippen molar-refractivity contribution in [2.45, 2.75) is 13.2 Å². The minimum atomic E-state index is -0.389. The van der Waals surface area contributed by atoms with Gasteiger partial charge in [0.15, 0.2) is 5.82 Å². The third kappa shape index (κ3) is 5.85. The van der Waals surface area contributed by atoms with Gasteiger partial charge in [-0.3, -0.25) is 9.48 Å². The van der Waals surface area contributed by atoms with E-state index < -0.39 is 0 Å². The van der Waals surface area contributed by atoms with E-state index in [1.54, 1.807) is 54.6 Å². The van der Waals surface area contributed by atoms with Crippen LogP contribution in [0.2, 0.25) is 15.1 Å². The molecule has 0 spiro atoms. The lowest BCUT2D eigenvalue weighted by atomic mass is 10.1. The number of nitrogens with one attached hydrogen (secondary N) is 1. The highest BCUT2D eigenvalue weighted by Crippen LogP contribution is 2.28. The average Bonchev–Trinajstić information content (AvgIpc) is 3.13. The lowest BCUT2D eigenvalue weighted by Crippen LogP contribution is -2.13. The number of aromatic nitrogens is 2. The second-order valence-corrected chi connectivity index (χ2v) is 8.38. The molecule has 0 saturated carbocycles. The third-order valence-corrected chi connectivity index (χ3v) is 5.52. The number of halogens is 4. The van der Waals surface area contributed by atoms with E-state index in [0.29, 0.717) is 26.9 Å². The smallest absolute Gasteiger partial charge is 0.256 e. The van der Waals surface area contributed by atoms with Crippen molar-refractivity contribution in [3.8, 4) is 5.75 Å². The topological polar surface area (TPSA) is 56.2 Å². The number of rotatable bonds is 7. The maximum Gasteiger partial charge on any atom is 0.256 e. The molecule has 0 radical (unpaired) electrons. The standard InChI is InChI=1S/C24H17Cl3FN3O2/c25-18-8-9-22(19(26)11-18)33-14-15-4-3-6-16(10-15)24(32)29-23-20(27)13-31(30-23)12-17-5-1-2-7-21(17)28/h1-11,13H,12,14H2,(H,29,30,32). The predicted molar refractivity (Wildman–Crippen MR) is 128 cm³/mol. The highest BCUT2D eigenvalue weighted by Gasteiger charge is 2.14. The summed E-state index contributed by atoms with van der Waals surface area (Å²) in [5.41, 5.74) is 1.63. The Hall–Kier alpha value is -3.06. The van der Waals surface area contributed by atoms with Gasteiger partial charge in [-0.25, -0.2) is 4.39 Å². The van der Waals surface area contributed by atoms with Crippen LogP contribution in [0.15, 0.2) is 72.9 Å². The summed E-state index contributed by atoms with van der Waals surface area (Å²) < 4.78 is 21.1. The Morgan fingerprint density at radius 3 is 2.61 bits per heavy atom. The summed E-state index contributed by atoms with van der Waals surface area (Å²) >= 11 is 18.3. The van der Waals surface area contributed by atoms with Crippen LogP contribution in [0.1, 0.15) is 21.5 Å². The molecule has 0 unspecified atom stereocenters. The van der Waals surface area contributed by atoms with Crippen molar-refractivity contribution < 1.29 is 13.9 Å². The van der Waals surface area contributed by atoms with Crippen molar-refractivity contribution >= 4 is 46.5 Å². The zero-order valence-electron chi connectivity index (χ0n) is 17.1. The van der Waals surface area contributed by atoms with Gasteiger partial charge in [-0.2, -0.15) is 5.10 Å². The van der Waals surface area contributed by atoms with Gasteiger partial charge in [0, 0.05) is 22.3 Å². The minimum absolute atomic E-state index is 0.183. The van der Waals surface area contributed by atoms with E-state index in [9.17, 15) is 9.18 Å². The van der Waals surface area contributed by atoms with Crippen LogP contribution < -0.4 is 10.1 Å². The summed E-state index contributed by atoms with van der Waals surface area (Å²) in [6, 6.07) is 18.3. The molecular formula is C24H17Cl3FN3O2. The van der Waals surface area contributed by atoms with E-state index in [0.717, 1.165) is 5.56 Å². The van der Waals surface area contributed by atoms with E-state index in [1.807, 2.05) is 6.07 Å². The number of ether oxygens (including phenoxy) is 1. The van der Waals surface area contributed by atoms with Crippen molar-refractivity contribution in [3.05, 3.63) is 111 Å². The number of carbonyl (C=O) groups excluding carboxylic acids is 1. The molecule has 0 fully saturated rings. The lowest BCUT2D eigenvalue weighted by molar-refractivity contribution is 0.102. The molecule has 1 aromatic heterocycles. The molecule has 1 heterocycles. The molecule has 3 aromatic carbocycles. The first-order chi connectivity index (χ1) is 15.9. The van der Waals surface area contributed by atoms with Gasteiger partial charge in [0.2, 0.25) is 0 Å². The molecule has 0 aliphatic carbocycles. The lowest BCUT2D eigenvalue weighted by Gasteiger charge is -2.09. The number of amides is 1. The SMILES string of the molecule is O=C(Nc1nn(Cc2ccccc2F)cc1Cl)c1cccc(COc2ccc(Cl)cc2Cl)c1. The second-order valence-electron chi connectivity index (χ2n) is 7.13. The molecule has 1 N–H and O–H groups in total. The van der Waals surface area contributed by atoms with E-state index in [2.05, 4.69) is 10.4 Å². The average molecular weight is 505 g/mol. The summed E-state index contributed by atoms with van der Waals surface area (Å²) in [4.78, 5) is 12.8. The summed E-state index contributed by atoms with van der Waals surface area (Å²) in [5, 5.41) is 8.11. The fourth-order valence-electron chi connectivity index (χ4n) is 3.10. The zero-order chi connectivity index (χ0) is 23.4. The van der Waals surface area contributed by atoms with Gasteiger partial charge in [-0.1, -0.05) is 65.1 Å². The minimum Gasteiger partial charge on any atom is -0.487 e. The second kappa shape index (κ2) is 10.3. The van der Waals surface area contributed by atoms with Crippen LogP contribution in [0, 0.1) is 5.82 Å². The highest BCUT2D eigenvalue weighted by atomic mass is 35.5.